The second-order valence-electron chi connectivity index (χ2n) is 7.01. The lowest BCUT2D eigenvalue weighted by Crippen LogP contribution is -2.30. The zero-order chi connectivity index (χ0) is 18.5. The number of hydrogen-bond acceptors (Lipinski definition) is 6. The van der Waals surface area contributed by atoms with Crippen LogP contribution in [0.5, 0.6) is 0 Å². The highest BCUT2D eigenvalue weighted by atomic mass is 19.1. The first kappa shape index (κ1) is 16.1. The normalized spacial score (nSPS) is 20.7. The number of aryl methyl sites for hydroxylation is 1. The predicted molar refractivity (Wildman–Crippen MR) is 99.5 cm³/mol. The number of nitrogens with zero attached hydrogens (tertiary/aromatic N) is 7. The summed E-state index contributed by atoms with van der Waals surface area (Å²) >= 11 is 0. The van der Waals surface area contributed by atoms with E-state index in [4.69, 9.17) is 0 Å². The Labute approximate surface area is 154 Å². The van der Waals surface area contributed by atoms with E-state index in [0.29, 0.717) is 24.8 Å². The summed E-state index contributed by atoms with van der Waals surface area (Å²) < 4.78 is 17.7. The molecule has 1 aliphatic rings. The molecule has 0 bridgehead atoms. The number of alkyl halides is 1. The SMILES string of the molecule is Cc1nc(N[C@@H]2CN(C)C[C@@H]2F)nn2ccc(-c3cnc4nccn4c3)c12. The van der Waals surface area contributed by atoms with Crippen molar-refractivity contribution in [3.8, 4) is 11.1 Å². The fraction of sp³-hybridized carbons (Fsp3) is 0.333. The highest BCUT2D eigenvalue weighted by Crippen LogP contribution is 2.27. The molecular weight excluding hydrogens is 347 g/mol. The molecule has 9 heteroatoms. The van der Waals surface area contributed by atoms with E-state index in [1.165, 1.54) is 0 Å². The molecular formula is C18H19FN8. The Balaban J connectivity index is 1.53. The molecule has 2 atom stereocenters. The van der Waals surface area contributed by atoms with Crippen LogP contribution in [0.3, 0.4) is 0 Å². The van der Waals surface area contributed by atoms with Gasteiger partial charge in [-0.25, -0.2) is 23.9 Å². The molecule has 27 heavy (non-hydrogen) atoms. The topological polar surface area (TPSA) is 75.7 Å². The van der Waals surface area contributed by atoms with E-state index in [2.05, 4.69) is 25.4 Å². The number of rotatable bonds is 3. The Morgan fingerprint density at radius 3 is 2.93 bits per heavy atom. The van der Waals surface area contributed by atoms with Gasteiger partial charge in [0.15, 0.2) is 0 Å². The second-order valence-corrected chi connectivity index (χ2v) is 7.01. The standard InChI is InChI=1S/C18H19FN8/c1-11-16-13(12-7-21-18-20-4-6-26(18)8-12)3-5-27(16)24-17(22-11)23-15-10-25(2)9-14(15)19/h3-8,14-15H,9-10H2,1-2H3,(H,23,24)/t14-,15+/m0/s1. The largest absolute Gasteiger partial charge is 0.346 e. The van der Waals surface area contributed by atoms with Gasteiger partial charge in [0.1, 0.15) is 6.17 Å². The lowest BCUT2D eigenvalue weighted by atomic mass is 10.1. The zero-order valence-electron chi connectivity index (χ0n) is 15.0. The molecule has 5 heterocycles. The molecule has 1 aliphatic heterocycles. The van der Waals surface area contributed by atoms with Gasteiger partial charge in [-0.1, -0.05) is 0 Å². The van der Waals surface area contributed by atoms with E-state index in [9.17, 15) is 4.39 Å². The molecule has 5 rings (SSSR count). The molecule has 4 aromatic heterocycles. The second kappa shape index (κ2) is 5.98. The first-order chi connectivity index (χ1) is 13.1. The third-order valence-electron chi connectivity index (χ3n) is 4.99. The lowest BCUT2D eigenvalue weighted by Gasteiger charge is -2.15. The van der Waals surface area contributed by atoms with Crippen molar-refractivity contribution in [1.82, 2.24) is 33.9 Å². The van der Waals surface area contributed by atoms with Gasteiger partial charge in [-0.05, 0) is 20.0 Å². The predicted octanol–water partition coefficient (Wildman–Crippen LogP) is 1.81. The first-order valence-electron chi connectivity index (χ1n) is 8.83. The van der Waals surface area contributed by atoms with Crippen molar-refractivity contribution in [3.05, 3.63) is 42.7 Å². The number of nitrogens with one attached hydrogen (secondary N) is 1. The zero-order valence-corrected chi connectivity index (χ0v) is 15.0. The molecule has 1 saturated heterocycles. The Hall–Kier alpha value is -3.07. The maximum atomic E-state index is 14.1. The van der Waals surface area contributed by atoms with Crippen molar-refractivity contribution in [1.29, 1.82) is 0 Å². The van der Waals surface area contributed by atoms with Crippen molar-refractivity contribution in [2.45, 2.75) is 19.1 Å². The van der Waals surface area contributed by atoms with Gasteiger partial charge in [0.25, 0.3) is 0 Å². The molecule has 0 radical (unpaired) electrons. The smallest absolute Gasteiger partial charge is 0.241 e. The van der Waals surface area contributed by atoms with E-state index in [-0.39, 0.29) is 6.04 Å². The van der Waals surface area contributed by atoms with Gasteiger partial charge in [0, 0.05) is 55.2 Å². The van der Waals surface area contributed by atoms with Crippen molar-refractivity contribution in [2.24, 2.45) is 0 Å². The Kier molecular flexibility index (Phi) is 3.57. The molecule has 138 valence electrons. The van der Waals surface area contributed by atoms with Crippen LogP contribution in [0.25, 0.3) is 22.4 Å². The fourth-order valence-electron chi connectivity index (χ4n) is 3.70. The molecule has 0 saturated carbocycles. The van der Waals surface area contributed by atoms with Crippen molar-refractivity contribution in [2.75, 3.05) is 25.5 Å². The molecule has 0 aliphatic carbocycles. The van der Waals surface area contributed by atoms with Crippen LogP contribution in [0, 0.1) is 6.92 Å². The van der Waals surface area contributed by atoms with Gasteiger partial charge in [-0.3, -0.25) is 4.40 Å². The number of likely N-dealkylation sites (N-methyl/N-ethyl adjacent to an activating group) is 1. The van der Waals surface area contributed by atoms with Crippen LogP contribution in [0.1, 0.15) is 5.69 Å². The molecule has 4 aromatic rings. The molecule has 8 nitrogen and oxygen atoms in total. The van der Waals surface area contributed by atoms with Gasteiger partial charge in [-0.15, -0.1) is 5.10 Å². The van der Waals surface area contributed by atoms with Crippen LogP contribution in [-0.4, -0.2) is 66.2 Å². The van der Waals surface area contributed by atoms with E-state index in [1.54, 1.807) is 16.9 Å². The van der Waals surface area contributed by atoms with Crippen LogP contribution in [-0.2, 0) is 0 Å². The number of imidazole rings is 1. The molecule has 1 fully saturated rings. The molecule has 0 aromatic carbocycles. The van der Waals surface area contributed by atoms with Crippen LogP contribution in [0.15, 0.2) is 37.1 Å². The minimum Gasteiger partial charge on any atom is -0.346 e. The summed E-state index contributed by atoms with van der Waals surface area (Å²) in [5, 5.41) is 7.67. The number of likely N-dealkylation sites (tertiary alicyclic amines) is 1. The van der Waals surface area contributed by atoms with Gasteiger partial charge < -0.3 is 10.2 Å². The van der Waals surface area contributed by atoms with E-state index < -0.39 is 6.17 Å². The number of anilines is 1. The summed E-state index contributed by atoms with van der Waals surface area (Å²) in [6.45, 7) is 2.99. The summed E-state index contributed by atoms with van der Waals surface area (Å²) in [6.07, 6.45) is 8.32. The molecule has 0 unspecified atom stereocenters. The maximum absolute atomic E-state index is 14.1. The number of halogens is 1. The quantitative estimate of drug-likeness (QED) is 0.596. The average molecular weight is 366 g/mol. The number of aromatic nitrogens is 6. The first-order valence-corrected chi connectivity index (χ1v) is 8.83. The summed E-state index contributed by atoms with van der Waals surface area (Å²) in [6, 6.07) is 1.69. The number of hydrogen-bond donors (Lipinski definition) is 1. The monoisotopic (exact) mass is 366 g/mol. The molecule has 0 spiro atoms. The summed E-state index contributed by atoms with van der Waals surface area (Å²) in [5.41, 5.74) is 3.67. The number of fused-ring (bicyclic) bond motifs is 2. The lowest BCUT2D eigenvalue weighted by molar-refractivity contribution is 0.313. The van der Waals surface area contributed by atoms with Crippen LogP contribution >= 0.6 is 0 Å². The van der Waals surface area contributed by atoms with E-state index >= 15 is 0 Å². The Bertz CT molecular complexity index is 1130. The molecule has 0 amide bonds. The maximum Gasteiger partial charge on any atom is 0.241 e. The highest BCUT2D eigenvalue weighted by Gasteiger charge is 2.31. The van der Waals surface area contributed by atoms with Crippen LogP contribution in [0.2, 0.25) is 0 Å². The van der Waals surface area contributed by atoms with Gasteiger partial charge in [-0.2, -0.15) is 0 Å². The fourth-order valence-corrected chi connectivity index (χ4v) is 3.70. The summed E-state index contributed by atoms with van der Waals surface area (Å²) in [7, 11) is 1.91. The highest BCUT2D eigenvalue weighted by molar-refractivity contribution is 5.82. The minimum atomic E-state index is -0.928. The third-order valence-corrected chi connectivity index (χ3v) is 4.99. The van der Waals surface area contributed by atoms with Gasteiger partial charge >= 0.3 is 0 Å². The summed E-state index contributed by atoms with van der Waals surface area (Å²) in [5.74, 6) is 1.09. The van der Waals surface area contributed by atoms with Crippen LogP contribution in [0.4, 0.5) is 10.3 Å². The van der Waals surface area contributed by atoms with Crippen LogP contribution < -0.4 is 5.32 Å². The third kappa shape index (κ3) is 2.71. The van der Waals surface area contributed by atoms with E-state index in [0.717, 1.165) is 22.3 Å². The minimum absolute atomic E-state index is 0.297. The van der Waals surface area contributed by atoms with Gasteiger partial charge in [0.05, 0.1) is 17.3 Å². The Morgan fingerprint density at radius 2 is 2.11 bits per heavy atom. The Morgan fingerprint density at radius 1 is 1.22 bits per heavy atom. The van der Waals surface area contributed by atoms with Crippen molar-refractivity contribution in [3.63, 3.8) is 0 Å². The van der Waals surface area contributed by atoms with Crippen molar-refractivity contribution < 1.29 is 4.39 Å². The van der Waals surface area contributed by atoms with Crippen molar-refractivity contribution >= 4 is 17.2 Å². The summed E-state index contributed by atoms with van der Waals surface area (Å²) in [4.78, 5) is 15.1. The average Bonchev–Trinajstić information content (AvgIpc) is 3.33. The van der Waals surface area contributed by atoms with Gasteiger partial charge in [0.2, 0.25) is 11.7 Å². The molecule has 1 N–H and O–H groups in total. The van der Waals surface area contributed by atoms with E-state index in [1.807, 2.05) is 47.9 Å².